The summed E-state index contributed by atoms with van der Waals surface area (Å²) in [6.07, 6.45) is 3.37. The summed E-state index contributed by atoms with van der Waals surface area (Å²) >= 11 is 0. The van der Waals surface area contributed by atoms with Crippen LogP contribution >= 0.6 is 0 Å². The Balaban J connectivity index is 2.65. The third-order valence-electron chi connectivity index (χ3n) is 3.41. The summed E-state index contributed by atoms with van der Waals surface area (Å²) in [4.78, 5) is 0. The number of nitrogens with one attached hydrogen (secondary N) is 1. The topological polar surface area (TPSA) is 38.0 Å². The van der Waals surface area contributed by atoms with E-state index in [4.69, 9.17) is 5.84 Å². The number of hydrazine groups is 1. The third kappa shape index (κ3) is 3.62. The number of hydrogen-bond donors (Lipinski definition) is 2. The van der Waals surface area contributed by atoms with Crippen molar-refractivity contribution in [2.75, 3.05) is 0 Å². The molecule has 0 fully saturated rings. The molecule has 0 bridgehead atoms. The zero-order valence-corrected chi connectivity index (χ0v) is 10.7. The van der Waals surface area contributed by atoms with Crippen molar-refractivity contribution >= 4 is 0 Å². The molecule has 0 aromatic heterocycles. The fourth-order valence-corrected chi connectivity index (χ4v) is 2.20. The summed E-state index contributed by atoms with van der Waals surface area (Å²) in [5.41, 5.74) is 5.64. The summed E-state index contributed by atoms with van der Waals surface area (Å²) < 4.78 is 0. The minimum Gasteiger partial charge on any atom is -0.271 e. The van der Waals surface area contributed by atoms with Gasteiger partial charge in [0.25, 0.3) is 0 Å². The first-order valence-corrected chi connectivity index (χ1v) is 6.22. The SMILES string of the molecule is CCC(CC)C(Cc1ccc(C)cc1)NN. The molecule has 0 saturated heterocycles. The molecule has 0 amide bonds. The number of benzene rings is 1. The Labute approximate surface area is 99.2 Å². The molecule has 1 aromatic rings. The lowest BCUT2D eigenvalue weighted by Crippen LogP contribution is -2.42. The highest BCUT2D eigenvalue weighted by Gasteiger charge is 2.17. The fraction of sp³-hybridized carbons (Fsp3) is 0.571. The van der Waals surface area contributed by atoms with E-state index < -0.39 is 0 Å². The molecule has 2 heteroatoms. The van der Waals surface area contributed by atoms with E-state index in [1.165, 1.54) is 24.0 Å². The minimum atomic E-state index is 0.387. The van der Waals surface area contributed by atoms with Crippen LogP contribution in [0.4, 0.5) is 0 Å². The van der Waals surface area contributed by atoms with Crippen molar-refractivity contribution in [3.05, 3.63) is 35.4 Å². The van der Waals surface area contributed by atoms with Gasteiger partial charge in [-0.05, 0) is 24.8 Å². The highest BCUT2D eigenvalue weighted by atomic mass is 15.2. The third-order valence-corrected chi connectivity index (χ3v) is 3.41. The Morgan fingerprint density at radius 2 is 1.69 bits per heavy atom. The van der Waals surface area contributed by atoms with Crippen molar-refractivity contribution in [1.29, 1.82) is 0 Å². The molecule has 0 aliphatic carbocycles. The predicted octanol–water partition coefficient (Wildman–Crippen LogP) is 2.81. The van der Waals surface area contributed by atoms with Crippen LogP contribution in [0.3, 0.4) is 0 Å². The monoisotopic (exact) mass is 220 g/mol. The van der Waals surface area contributed by atoms with Gasteiger partial charge in [-0.3, -0.25) is 11.3 Å². The summed E-state index contributed by atoms with van der Waals surface area (Å²) in [5, 5.41) is 0. The van der Waals surface area contributed by atoms with E-state index in [0.29, 0.717) is 12.0 Å². The second-order valence-electron chi connectivity index (χ2n) is 4.54. The highest BCUT2D eigenvalue weighted by molar-refractivity contribution is 5.22. The van der Waals surface area contributed by atoms with E-state index in [-0.39, 0.29) is 0 Å². The molecular formula is C14H24N2. The van der Waals surface area contributed by atoms with Crippen molar-refractivity contribution < 1.29 is 0 Å². The van der Waals surface area contributed by atoms with Gasteiger partial charge in [0.15, 0.2) is 0 Å². The molecule has 0 radical (unpaired) electrons. The van der Waals surface area contributed by atoms with Crippen LogP contribution in [0.5, 0.6) is 0 Å². The van der Waals surface area contributed by atoms with Gasteiger partial charge >= 0.3 is 0 Å². The van der Waals surface area contributed by atoms with Gasteiger partial charge < -0.3 is 0 Å². The molecular weight excluding hydrogens is 196 g/mol. The van der Waals surface area contributed by atoms with Crippen LogP contribution in [0.2, 0.25) is 0 Å². The van der Waals surface area contributed by atoms with Gasteiger partial charge in [-0.25, -0.2) is 0 Å². The lowest BCUT2D eigenvalue weighted by molar-refractivity contribution is 0.335. The van der Waals surface area contributed by atoms with Gasteiger partial charge in [0.05, 0.1) is 0 Å². The predicted molar refractivity (Wildman–Crippen MR) is 70.1 cm³/mol. The van der Waals surface area contributed by atoms with Crippen LogP contribution in [0.15, 0.2) is 24.3 Å². The summed E-state index contributed by atoms with van der Waals surface area (Å²) in [5.74, 6) is 6.31. The van der Waals surface area contributed by atoms with Gasteiger partial charge in [0, 0.05) is 6.04 Å². The molecule has 16 heavy (non-hydrogen) atoms. The molecule has 1 atom stereocenters. The summed E-state index contributed by atoms with van der Waals surface area (Å²) in [7, 11) is 0. The first-order valence-electron chi connectivity index (χ1n) is 6.22. The number of hydrogen-bond acceptors (Lipinski definition) is 2. The van der Waals surface area contributed by atoms with Crippen molar-refractivity contribution in [2.24, 2.45) is 11.8 Å². The molecule has 0 saturated carbocycles. The van der Waals surface area contributed by atoms with Gasteiger partial charge in [0.1, 0.15) is 0 Å². The molecule has 0 heterocycles. The normalized spacial score (nSPS) is 13.1. The number of aryl methyl sites for hydroxylation is 1. The molecule has 0 aliphatic heterocycles. The lowest BCUT2D eigenvalue weighted by atomic mass is 9.90. The quantitative estimate of drug-likeness (QED) is 0.571. The minimum absolute atomic E-state index is 0.387. The second kappa shape index (κ2) is 6.66. The van der Waals surface area contributed by atoms with E-state index in [1.807, 2.05) is 0 Å². The van der Waals surface area contributed by atoms with Crippen molar-refractivity contribution in [3.63, 3.8) is 0 Å². The van der Waals surface area contributed by atoms with E-state index in [0.717, 1.165) is 6.42 Å². The molecule has 0 aliphatic rings. The first-order chi connectivity index (χ1) is 7.71. The largest absolute Gasteiger partial charge is 0.271 e. The van der Waals surface area contributed by atoms with Crippen LogP contribution in [0, 0.1) is 12.8 Å². The maximum absolute atomic E-state index is 5.65. The van der Waals surface area contributed by atoms with Gasteiger partial charge in [-0.2, -0.15) is 0 Å². The highest BCUT2D eigenvalue weighted by Crippen LogP contribution is 2.17. The van der Waals surface area contributed by atoms with E-state index in [1.54, 1.807) is 0 Å². The lowest BCUT2D eigenvalue weighted by Gasteiger charge is -2.24. The Bertz CT molecular complexity index is 288. The van der Waals surface area contributed by atoms with Crippen molar-refractivity contribution in [2.45, 2.75) is 46.1 Å². The number of rotatable bonds is 6. The molecule has 1 rings (SSSR count). The maximum Gasteiger partial charge on any atom is 0.0278 e. The molecule has 1 unspecified atom stereocenters. The van der Waals surface area contributed by atoms with Crippen LogP contribution < -0.4 is 11.3 Å². The maximum atomic E-state index is 5.65. The Morgan fingerprint density at radius 1 is 1.12 bits per heavy atom. The first kappa shape index (κ1) is 13.2. The molecule has 0 spiro atoms. The average molecular weight is 220 g/mol. The Hall–Kier alpha value is -0.860. The standard InChI is InChI=1S/C14H24N2/c1-4-13(5-2)14(16-15)10-12-8-6-11(3)7-9-12/h6-9,13-14,16H,4-5,10,15H2,1-3H3. The van der Waals surface area contributed by atoms with Gasteiger partial charge in [-0.15, -0.1) is 0 Å². The van der Waals surface area contributed by atoms with E-state index >= 15 is 0 Å². The summed E-state index contributed by atoms with van der Waals surface area (Å²) in [6, 6.07) is 9.10. The Kier molecular flexibility index (Phi) is 5.50. The van der Waals surface area contributed by atoms with Crippen molar-refractivity contribution in [1.82, 2.24) is 5.43 Å². The van der Waals surface area contributed by atoms with Gasteiger partial charge in [-0.1, -0.05) is 56.5 Å². The average Bonchev–Trinajstić information content (AvgIpc) is 2.32. The zero-order chi connectivity index (χ0) is 12.0. The molecule has 2 nitrogen and oxygen atoms in total. The van der Waals surface area contributed by atoms with Crippen LogP contribution in [0.1, 0.15) is 37.8 Å². The van der Waals surface area contributed by atoms with E-state index in [9.17, 15) is 0 Å². The molecule has 3 N–H and O–H groups in total. The molecule has 90 valence electrons. The smallest absolute Gasteiger partial charge is 0.0278 e. The summed E-state index contributed by atoms with van der Waals surface area (Å²) in [6.45, 7) is 6.57. The second-order valence-corrected chi connectivity index (χ2v) is 4.54. The van der Waals surface area contributed by atoms with Crippen LogP contribution in [0.25, 0.3) is 0 Å². The number of nitrogens with two attached hydrogens (primary N) is 1. The van der Waals surface area contributed by atoms with Gasteiger partial charge in [0.2, 0.25) is 0 Å². The van der Waals surface area contributed by atoms with Crippen LogP contribution in [-0.2, 0) is 6.42 Å². The fourth-order valence-electron chi connectivity index (χ4n) is 2.20. The van der Waals surface area contributed by atoms with E-state index in [2.05, 4.69) is 50.5 Å². The van der Waals surface area contributed by atoms with Crippen molar-refractivity contribution in [3.8, 4) is 0 Å². The molecule has 1 aromatic carbocycles. The zero-order valence-electron chi connectivity index (χ0n) is 10.7. The Morgan fingerprint density at radius 3 is 2.12 bits per heavy atom. The van der Waals surface area contributed by atoms with Crippen LogP contribution in [-0.4, -0.2) is 6.04 Å².